The van der Waals surface area contributed by atoms with E-state index in [1.54, 1.807) is 18.3 Å². The highest BCUT2D eigenvalue weighted by Crippen LogP contribution is 2.38. The number of aromatic nitrogens is 1. The van der Waals surface area contributed by atoms with E-state index in [9.17, 15) is 14.7 Å². The van der Waals surface area contributed by atoms with Gasteiger partial charge in [0.15, 0.2) is 11.5 Å². The highest BCUT2D eigenvalue weighted by molar-refractivity contribution is 5.72. The van der Waals surface area contributed by atoms with E-state index in [0.29, 0.717) is 30.8 Å². The molecule has 214 valence electrons. The second kappa shape index (κ2) is 15.3. The first kappa shape index (κ1) is 30.3. The van der Waals surface area contributed by atoms with E-state index in [0.717, 1.165) is 68.1 Å². The van der Waals surface area contributed by atoms with E-state index < -0.39 is 6.10 Å². The number of nitrogen functional groups attached to an aromatic ring is 1. The molecule has 3 rings (SSSR count). The predicted octanol–water partition coefficient (Wildman–Crippen LogP) is 6.51. The number of nitrogens with two attached hydrogens (primary N) is 1. The van der Waals surface area contributed by atoms with Gasteiger partial charge in [-0.05, 0) is 92.3 Å². The lowest BCUT2D eigenvalue weighted by atomic mass is 9.93. The molecule has 0 amide bonds. The molecule has 8 nitrogen and oxygen atoms in total. The van der Waals surface area contributed by atoms with Crippen molar-refractivity contribution in [2.45, 2.75) is 116 Å². The molecule has 0 spiro atoms. The number of anilines is 1. The van der Waals surface area contributed by atoms with E-state index in [4.69, 9.17) is 19.9 Å². The van der Waals surface area contributed by atoms with Gasteiger partial charge in [-0.1, -0.05) is 26.2 Å². The smallest absolute Gasteiger partial charge is 0.302 e. The van der Waals surface area contributed by atoms with Gasteiger partial charge in [0.25, 0.3) is 0 Å². The zero-order valence-corrected chi connectivity index (χ0v) is 23.6. The van der Waals surface area contributed by atoms with Crippen molar-refractivity contribution in [3.63, 3.8) is 0 Å². The molecular formula is C31H44N2O6. The Morgan fingerprint density at radius 1 is 1.03 bits per heavy atom. The lowest BCUT2D eigenvalue weighted by Crippen LogP contribution is -2.27. The lowest BCUT2D eigenvalue weighted by molar-refractivity contribution is -0.153. The van der Waals surface area contributed by atoms with E-state index in [2.05, 4.69) is 11.9 Å². The van der Waals surface area contributed by atoms with Crippen LogP contribution in [0.3, 0.4) is 0 Å². The fraction of sp³-hybridized carbons (Fsp3) is 0.581. The first-order valence-corrected chi connectivity index (χ1v) is 14.3. The number of pyridine rings is 1. The number of unbranched alkanes of at least 4 members (excludes halogenated alkanes) is 2. The summed E-state index contributed by atoms with van der Waals surface area (Å²) < 4.78 is 17.5. The number of phenolic OH excluding ortho intramolecular Hbond substituents is 1. The quantitative estimate of drug-likeness (QED) is 0.205. The third-order valence-corrected chi connectivity index (χ3v) is 7.18. The monoisotopic (exact) mass is 540 g/mol. The van der Waals surface area contributed by atoms with Crippen molar-refractivity contribution in [3.05, 3.63) is 36.0 Å². The first-order chi connectivity index (χ1) is 18.7. The van der Waals surface area contributed by atoms with Gasteiger partial charge < -0.3 is 25.1 Å². The molecule has 1 fully saturated rings. The molecule has 8 heteroatoms. The van der Waals surface area contributed by atoms with Crippen LogP contribution < -0.4 is 10.5 Å². The van der Waals surface area contributed by atoms with Crippen molar-refractivity contribution >= 4 is 17.8 Å². The summed E-state index contributed by atoms with van der Waals surface area (Å²) in [6.45, 7) is 4.93. The SMILES string of the molecule is CCCCC[C@@H](C[C@@H](CCc1cc(OC2CCCCC2)c(O)cc1-c1ccnc(N)c1)OC(C)=O)OC(C)=O. The average molecular weight is 541 g/mol. The van der Waals surface area contributed by atoms with Gasteiger partial charge in [0.2, 0.25) is 0 Å². The number of benzene rings is 1. The minimum Gasteiger partial charge on any atom is -0.504 e. The van der Waals surface area contributed by atoms with Crippen molar-refractivity contribution in [1.82, 2.24) is 4.98 Å². The number of hydrogen-bond donors (Lipinski definition) is 2. The van der Waals surface area contributed by atoms with Gasteiger partial charge in [-0.2, -0.15) is 0 Å². The fourth-order valence-electron chi connectivity index (χ4n) is 5.31. The van der Waals surface area contributed by atoms with Crippen molar-refractivity contribution in [3.8, 4) is 22.6 Å². The van der Waals surface area contributed by atoms with Crippen LogP contribution in [-0.2, 0) is 25.5 Å². The summed E-state index contributed by atoms with van der Waals surface area (Å²) in [5.74, 6) is 0.221. The molecule has 0 bridgehead atoms. The van der Waals surface area contributed by atoms with Crippen LogP contribution in [-0.4, -0.2) is 40.3 Å². The van der Waals surface area contributed by atoms with Crippen molar-refractivity contribution in [2.75, 3.05) is 5.73 Å². The zero-order chi connectivity index (χ0) is 28.2. The molecule has 0 unspecified atom stereocenters. The van der Waals surface area contributed by atoms with Crippen LogP contribution in [0.25, 0.3) is 11.1 Å². The minimum atomic E-state index is -0.430. The number of nitrogens with zero attached hydrogens (tertiary/aromatic N) is 1. The van der Waals surface area contributed by atoms with Crippen LogP contribution >= 0.6 is 0 Å². The summed E-state index contributed by atoms with van der Waals surface area (Å²) in [4.78, 5) is 27.8. The van der Waals surface area contributed by atoms with Crippen LogP contribution in [0.15, 0.2) is 30.5 Å². The van der Waals surface area contributed by atoms with Crippen molar-refractivity contribution in [1.29, 1.82) is 0 Å². The number of carbonyl (C=O) groups excluding carboxylic acids is 2. The standard InChI is InChI=1S/C31H44N2O6/c1-4-5-7-12-26(37-21(2)34)19-27(38-22(3)35)14-13-23-17-30(39-25-10-8-6-9-11-25)29(36)20-28(23)24-15-16-33-31(32)18-24/h15-18,20,25-27,36H,4-14,19H2,1-3H3,(H2,32,33)/t26-,27+/m0/s1. The van der Waals surface area contributed by atoms with Crippen molar-refractivity contribution in [2.24, 2.45) is 0 Å². The Labute approximate surface area is 232 Å². The van der Waals surface area contributed by atoms with Crippen molar-refractivity contribution < 1.29 is 28.9 Å². The third-order valence-electron chi connectivity index (χ3n) is 7.18. The summed E-state index contributed by atoms with van der Waals surface area (Å²) in [6, 6.07) is 7.24. The Morgan fingerprint density at radius 3 is 2.36 bits per heavy atom. The van der Waals surface area contributed by atoms with Gasteiger partial charge in [0, 0.05) is 26.5 Å². The number of aromatic hydroxyl groups is 1. The van der Waals surface area contributed by atoms with Gasteiger partial charge >= 0.3 is 11.9 Å². The van der Waals surface area contributed by atoms with Gasteiger partial charge in [-0.15, -0.1) is 0 Å². The predicted molar refractivity (Wildman–Crippen MR) is 151 cm³/mol. The molecule has 0 saturated heterocycles. The molecule has 2 aromatic rings. The fourth-order valence-corrected chi connectivity index (χ4v) is 5.31. The number of carbonyl (C=O) groups is 2. The summed E-state index contributed by atoms with van der Waals surface area (Å²) in [5.41, 5.74) is 8.55. The summed E-state index contributed by atoms with van der Waals surface area (Å²) in [5, 5.41) is 10.9. The maximum atomic E-state index is 12.0. The number of hydrogen-bond acceptors (Lipinski definition) is 8. The molecule has 1 aliphatic rings. The number of rotatable bonds is 14. The van der Waals surface area contributed by atoms with Crippen LogP contribution in [0.4, 0.5) is 5.82 Å². The first-order valence-electron chi connectivity index (χ1n) is 14.3. The van der Waals surface area contributed by atoms with E-state index in [-0.39, 0.29) is 29.9 Å². The number of ether oxygens (including phenoxy) is 3. The van der Waals surface area contributed by atoms with Gasteiger partial charge in [-0.3, -0.25) is 9.59 Å². The lowest BCUT2D eigenvalue weighted by Gasteiger charge is -2.25. The molecule has 39 heavy (non-hydrogen) atoms. The maximum absolute atomic E-state index is 12.0. The second-order valence-corrected chi connectivity index (χ2v) is 10.6. The van der Waals surface area contributed by atoms with Crippen LogP contribution in [0.1, 0.15) is 97.0 Å². The maximum Gasteiger partial charge on any atom is 0.302 e. The topological polar surface area (TPSA) is 121 Å². The second-order valence-electron chi connectivity index (χ2n) is 10.6. The number of aryl methyl sites for hydroxylation is 1. The summed E-state index contributed by atoms with van der Waals surface area (Å²) in [6.07, 6.45) is 11.7. The molecule has 2 atom stereocenters. The highest BCUT2D eigenvalue weighted by Gasteiger charge is 2.23. The Bertz CT molecular complexity index is 1080. The Morgan fingerprint density at radius 2 is 1.72 bits per heavy atom. The summed E-state index contributed by atoms with van der Waals surface area (Å²) in [7, 11) is 0. The molecule has 1 heterocycles. The van der Waals surface area contributed by atoms with E-state index in [1.165, 1.54) is 20.3 Å². The molecule has 1 aromatic heterocycles. The Kier molecular flexibility index (Phi) is 11.9. The number of phenols is 1. The summed E-state index contributed by atoms with van der Waals surface area (Å²) >= 11 is 0. The van der Waals surface area contributed by atoms with Crippen LogP contribution in [0.5, 0.6) is 11.5 Å². The Hall–Kier alpha value is -3.29. The Balaban J connectivity index is 1.86. The minimum absolute atomic E-state index is 0.0806. The van der Waals surface area contributed by atoms with Gasteiger partial charge in [-0.25, -0.2) is 4.98 Å². The molecular weight excluding hydrogens is 496 g/mol. The molecule has 1 saturated carbocycles. The van der Waals surface area contributed by atoms with Gasteiger partial charge in [0.05, 0.1) is 6.10 Å². The molecule has 0 aliphatic heterocycles. The zero-order valence-electron chi connectivity index (χ0n) is 23.6. The van der Waals surface area contributed by atoms with E-state index >= 15 is 0 Å². The molecule has 1 aromatic carbocycles. The van der Waals surface area contributed by atoms with Gasteiger partial charge in [0.1, 0.15) is 18.0 Å². The molecule has 1 aliphatic carbocycles. The third kappa shape index (κ3) is 10.1. The van der Waals surface area contributed by atoms with Crippen LogP contribution in [0.2, 0.25) is 0 Å². The van der Waals surface area contributed by atoms with E-state index in [1.807, 2.05) is 12.1 Å². The number of esters is 2. The molecule has 3 N–H and O–H groups in total. The normalized spacial score (nSPS) is 15.4. The average Bonchev–Trinajstić information content (AvgIpc) is 2.88. The largest absolute Gasteiger partial charge is 0.504 e. The highest BCUT2D eigenvalue weighted by atomic mass is 16.6. The molecule has 0 radical (unpaired) electrons. The van der Waals surface area contributed by atoms with Crippen LogP contribution in [0, 0.1) is 0 Å².